The number of carbonyl (C=O) groups excluding carboxylic acids is 2. The molecule has 0 fully saturated rings. The number of nitrogens with one attached hydrogen (secondary N) is 2. The number of nitrogens with zero attached hydrogens (tertiary/aromatic N) is 2. The molecule has 0 unspecified atom stereocenters. The van der Waals surface area contributed by atoms with E-state index in [1.54, 1.807) is 13.8 Å². The minimum absolute atomic E-state index is 0.152. The molecule has 25 heavy (non-hydrogen) atoms. The van der Waals surface area contributed by atoms with Gasteiger partial charge in [0.05, 0.1) is 17.7 Å². The second kappa shape index (κ2) is 9.21. The van der Waals surface area contributed by atoms with Crippen LogP contribution in [0.4, 0.5) is 5.69 Å². The summed E-state index contributed by atoms with van der Waals surface area (Å²) in [5.41, 5.74) is 1.50. The van der Waals surface area contributed by atoms with Crippen molar-refractivity contribution in [3.05, 3.63) is 27.8 Å². The number of carbonyl (C=O) groups is 2. The normalized spacial score (nSPS) is 11.8. The number of hydrogen-bond donors (Lipinski definition) is 2. The molecule has 0 radical (unpaired) electrons. The zero-order chi connectivity index (χ0) is 19.0. The zero-order valence-electron chi connectivity index (χ0n) is 14.1. The van der Waals surface area contributed by atoms with Crippen LogP contribution < -0.4 is 20.6 Å². The smallest absolute Gasteiger partial charge is 0.329 e. The van der Waals surface area contributed by atoms with E-state index >= 15 is 0 Å². The van der Waals surface area contributed by atoms with Crippen molar-refractivity contribution in [3.8, 4) is 11.5 Å². The van der Waals surface area contributed by atoms with Crippen molar-refractivity contribution >= 4 is 23.7 Å². The number of hydrazone groups is 1. The quantitative estimate of drug-likeness (QED) is 0.315. The lowest BCUT2D eigenvalue weighted by Crippen LogP contribution is -2.41. The topological polar surface area (TPSA) is 146 Å². The first-order valence-electron chi connectivity index (χ1n) is 7.56. The molecular weight excluding hydrogens is 332 g/mol. The molecular formula is C15H19N4O6-. The number of amides is 2. The summed E-state index contributed by atoms with van der Waals surface area (Å²) in [6.45, 7) is 5.37. The van der Waals surface area contributed by atoms with Gasteiger partial charge in [-0.25, -0.2) is 5.43 Å². The van der Waals surface area contributed by atoms with Crippen molar-refractivity contribution in [1.82, 2.24) is 10.7 Å². The van der Waals surface area contributed by atoms with Gasteiger partial charge in [-0.3, -0.25) is 19.7 Å². The van der Waals surface area contributed by atoms with Crippen molar-refractivity contribution < 1.29 is 24.4 Å². The summed E-state index contributed by atoms with van der Waals surface area (Å²) in [7, 11) is 0. The van der Waals surface area contributed by atoms with Crippen molar-refractivity contribution in [2.75, 3.05) is 6.61 Å². The molecule has 0 aliphatic carbocycles. The molecule has 1 aromatic rings. The first-order valence-corrected chi connectivity index (χ1v) is 7.56. The van der Waals surface area contributed by atoms with E-state index in [0.29, 0.717) is 6.42 Å². The Morgan fingerprint density at radius 2 is 2.04 bits per heavy atom. The predicted molar refractivity (Wildman–Crippen MR) is 87.3 cm³/mol. The second-order valence-electron chi connectivity index (χ2n) is 5.04. The summed E-state index contributed by atoms with van der Waals surface area (Å²) in [6.07, 6.45) is 1.73. The van der Waals surface area contributed by atoms with E-state index in [1.165, 1.54) is 6.07 Å². The minimum atomic E-state index is -0.975. The fourth-order valence-corrected chi connectivity index (χ4v) is 1.69. The maximum Gasteiger partial charge on any atom is 0.329 e. The van der Waals surface area contributed by atoms with Gasteiger partial charge in [0.15, 0.2) is 0 Å². The molecule has 0 aliphatic rings. The molecule has 0 heterocycles. The van der Waals surface area contributed by atoms with Crippen LogP contribution >= 0.6 is 0 Å². The van der Waals surface area contributed by atoms with E-state index in [2.05, 4.69) is 10.4 Å². The molecule has 10 nitrogen and oxygen atoms in total. The zero-order valence-corrected chi connectivity index (χ0v) is 14.1. The molecule has 0 saturated carbocycles. The maximum absolute atomic E-state index is 11.8. The summed E-state index contributed by atoms with van der Waals surface area (Å²) in [6, 6.07) is 2.09. The third kappa shape index (κ3) is 5.75. The highest BCUT2D eigenvalue weighted by Crippen LogP contribution is 2.34. The molecule has 0 spiro atoms. The molecule has 10 heteroatoms. The number of ether oxygens (including phenoxy) is 1. The van der Waals surface area contributed by atoms with E-state index in [1.807, 2.05) is 12.3 Å². The van der Waals surface area contributed by atoms with Crippen molar-refractivity contribution in [1.29, 1.82) is 0 Å². The molecule has 1 aromatic carbocycles. The SMILES string of the molecule is CCOc1cc(/C=N\NC(=O)C(=O)N[C@@H](C)CC)cc([N+](=O)[O-])c1[O-]. The Hall–Kier alpha value is -3.17. The number of hydrogen-bond acceptors (Lipinski definition) is 7. The predicted octanol–water partition coefficient (Wildman–Crippen LogP) is 0.432. The van der Waals surface area contributed by atoms with Gasteiger partial charge in [0.1, 0.15) is 5.75 Å². The van der Waals surface area contributed by atoms with Crippen LogP contribution in [0.25, 0.3) is 0 Å². The standard InChI is InChI=1S/C15H20N4O6/c1-4-9(3)17-14(21)15(22)18-16-8-10-6-11(19(23)24)13(20)12(7-10)25-5-2/h6-9,20H,4-5H2,1-3H3,(H,17,21)(H,18,22)/p-1/b16-8-/t9-/m0/s1. The monoisotopic (exact) mass is 351 g/mol. The third-order valence-corrected chi connectivity index (χ3v) is 3.13. The number of rotatable bonds is 7. The molecule has 2 amide bonds. The highest BCUT2D eigenvalue weighted by Gasteiger charge is 2.15. The fourth-order valence-electron chi connectivity index (χ4n) is 1.69. The van der Waals surface area contributed by atoms with Crippen LogP contribution in [0.15, 0.2) is 17.2 Å². The molecule has 136 valence electrons. The number of nitro benzene ring substituents is 1. The number of nitro groups is 1. The first kappa shape index (κ1) is 19.9. The van der Waals surface area contributed by atoms with Gasteiger partial charge in [0.2, 0.25) is 0 Å². The first-order chi connectivity index (χ1) is 11.8. The van der Waals surface area contributed by atoms with Gasteiger partial charge in [-0.1, -0.05) is 6.92 Å². The van der Waals surface area contributed by atoms with Crippen LogP contribution in [0.3, 0.4) is 0 Å². The van der Waals surface area contributed by atoms with Gasteiger partial charge in [0, 0.05) is 23.4 Å². The highest BCUT2D eigenvalue weighted by atomic mass is 16.6. The van der Waals surface area contributed by atoms with Crippen molar-refractivity contribution in [2.24, 2.45) is 5.10 Å². The van der Waals surface area contributed by atoms with Crippen molar-refractivity contribution in [3.63, 3.8) is 0 Å². The molecule has 0 bridgehead atoms. The van der Waals surface area contributed by atoms with Crippen LogP contribution in [0.1, 0.15) is 32.8 Å². The van der Waals surface area contributed by atoms with Crippen LogP contribution in [0, 0.1) is 10.1 Å². The van der Waals surface area contributed by atoms with Crippen LogP contribution in [-0.4, -0.2) is 35.6 Å². The van der Waals surface area contributed by atoms with Gasteiger partial charge in [-0.05, 0) is 26.3 Å². The molecule has 1 rings (SSSR count). The Morgan fingerprint density at radius 1 is 1.36 bits per heavy atom. The molecule has 0 aliphatic heterocycles. The molecule has 1 atom stereocenters. The average molecular weight is 351 g/mol. The minimum Gasteiger partial charge on any atom is -0.865 e. The largest absolute Gasteiger partial charge is 0.865 e. The molecule has 2 N–H and O–H groups in total. The highest BCUT2D eigenvalue weighted by molar-refractivity contribution is 6.35. The lowest BCUT2D eigenvalue weighted by atomic mass is 10.2. The summed E-state index contributed by atoms with van der Waals surface area (Å²) < 4.78 is 5.06. The molecule has 0 saturated heterocycles. The summed E-state index contributed by atoms with van der Waals surface area (Å²) >= 11 is 0. The van der Waals surface area contributed by atoms with E-state index < -0.39 is 28.2 Å². The fraction of sp³-hybridized carbons (Fsp3) is 0.400. The Balaban J connectivity index is 2.88. The lowest BCUT2D eigenvalue weighted by Gasteiger charge is -2.14. The number of benzene rings is 1. The van der Waals surface area contributed by atoms with Crippen LogP contribution in [-0.2, 0) is 9.59 Å². The van der Waals surface area contributed by atoms with E-state index in [4.69, 9.17) is 4.74 Å². The van der Waals surface area contributed by atoms with Gasteiger partial charge in [-0.15, -0.1) is 0 Å². The van der Waals surface area contributed by atoms with E-state index in [-0.39, 0.29) is 24.0 Å². The Bertz CT molecular complexity index is 689. The Morgan fingerprint density at radius 3 is 2.60 bits per heavy atom. The Kier molecular flexibility index (Phi) is 7.32. The van der Waals surface area contributed by atoms with Crippen LogP contribution in [0.5, 0.6) is 11.5 Å². The van der Waals surface area contributed by atoms with E-state index in [9.17, 15) is 24.8 Å². The van der Waals surface area contributed by atoms with Gasteiger partial charge < -0.3 is 15.2 Å². The summed E-state index contributed by atoms with van der Waals surface area (Å²) in [5, 5.41) is 28.8. The molecule has 0 aromatic heterocycles. The lowest BCUT2D eigenvalue weighted by molar-refractivity contribution is -0.398. The van der Waals surface area contributed by atoms with Gasteiger partial charge in [0.25, 0.3) is 5.69 Å². The van der Waals surface area contributed by atoms with E-state index in [0.717, 1.165) is 12.3 Å². The summed E-state index contributed by atoms with van der Waals surface area (Å²) in [5.74, 6) is -2.86. The average Bonchev–Trinajstić information content (AvgIpc) is 2.56. The van der Waals surface area contributed by atoms with Crippen LogP contribution in [0.2, 0.25) is 0 Å². The third-order valence-electron chi connectivity index (χ3n) is 3.13. The summed E-state index contributed by atoms with van der Waals surface area (Å²) in [4.78, 5) is 33.2. The van der Waals surface area contributed by atoms with Gasteiger partial charge in [-0.2, -0.15) is 5.10 Å². The second-order valence-corrected chi connectivity index (χ2v) is 5.04. The Labute approximate surface area is 144 Å². The maximum atomic E-state index is 11.8. The van der Waals surface area contributed by atoms with Gasteiger partial charge >= 0.3 is 11.8 Å². The van der Waals surface area contributed by atoms with Crippen molar-refractivity contribution in [2.45, 2.75) is 33.2 Å².